The van der Waals surface area contributed by atoms with E-state index in [1.165, 1.54) is 0 Å². The maximum absolute atomic E-state index is 11.2. The van der Waals surface area contributed by atoms with E-state index in [2.05, 4.69) is 12.2 Å². The van der Waals surface area contributed by atoms with Gasteiger partial charge in [-0.3, -0.25) is 4.79 Å². The topological polar surface area (TPSA) is 38.3 Å². The first-order valence-electron chi connectivity index (χ1n) is 4.55. The van der Waals surface area contributed by atoms with Crippen LogP contribution in [0, 0.1) is 6.92 Å². The minimum atomic E-state index is -0.135. The van der Waals surface area contributed by atoms with E-state index < -0.39 is 0 Å². The lowest BCUT2D eigenvalue weighted by atomic mass is 10.3. The molecule has 0 atom stereocenters. The van der Waals surface area contributed by atoms with Crippen molar-refractivity contribution in [1.82, 2.24) is 0 Å². The summed E-state index contributed by atoms with van der Waals surface area (Å²) in [4.78, 5) is 11.2. The Bertz CT molecular complexity index is 272. The molecule has 0 heterocycles. The normalized spacial score (nSPS) is 9.79. The number of ether oxygens (including phenoxy) is 1. The molecule has 3 nitrogen and oxygen atoms in total. The molecule has 1 amide bonds. The van der Waals surface area contributed by atoms with Crippen molar-refractivity contribution in [2.45, 2.75) is 6.42 Å². The van der Waals surface area contributed by atoms with Crippen LogP contribution >= 0.6 is 0 Å². The van der Waals surface area contributed by atoms with Gasteiger partial charge in [0.25, 0.3) is 0 Å². The van der Waals surface area contributed by atoms with E-state index in [9.17, 15) is 4.79 Å². The quantitative estimate of drug-likeness (QED) is 0.723. The Morgan fingerprint density at radius 1 is 1.36 bits per heavy atom. The van der Waals surface area contributed by atoms with Crippen LogP contribution in [0.4, 0.5) is 5.69 Å². The van der Waals surface area contributed by atoms with E-state index in [-0.39, 0.29) is 12.5 Å². The fourth-order valence-electron chi connectivity index (χ4n) is 0.985. The van der Waals surface area contributed by atoms with Gasteiger partial charge in [0.05, 0.1) is 0 Å². The Labute approximate surface area is 84.1 Å². The monoisotopic (exact) mass is 192 g/mol. The van der Waals surface area contributed by atoms with Gasteiger partial charge in [0.15, 0.2) is 0 Å². The molecular formula is C11H14NO2. The van der Waals surface area contributed by atoms with E-state index >= 15 is 0 Å². The van der Waals surface area contributed by atoms with Crippen molar-refractivity contribution >= 4 is 11.6 Å². The molecule has 1 aromatic carbocycles. The van der Waals surface area contributed by atoms with Crippen LogP contribution in [-0.2, 0) is 9.53 Å². The second-order valence-electron chi connectivity index (χ2n) is 2.82. The van der Waals surface area contributed by atoms with Gasteiger partial charge in [0, 0.05) is 12.3 Å². The van der Waals surface area contributed by atoms with Gasteiger partial charge in [-0.25, -0.2) is 0 Å². The zero-order valence-electron chi connectivity index (χ0n) is 8.03. The third-order valence-electron chi connectivity index (χ3n) is 1.58. The van der Waals surface area contributed by atoms with Crippen LogP contribution in [0.2, 0.25) is 0 Å². The van der Waals surface area contributed by atoms with E-state index in [1.807, 2.05) is 30.3 Å². The number of benzene rings is 1. The number of para-hydroxylation sites is 1. The largest absolute Gasteiger partial charge is 0.372 e. The summed E-state index contributed by atoms with van der Waals surface area (Å²) in [6.45, 7) is 4.21. The highest BCUT2D eigenvalue weighted by Crippen LogP contribution is 2.04. The second kappa shape index (κ2) is 6.16. The van der Waals surface area contributed by atoms with E-state index in [0.717, 1.165) is 5.69 Å². The summed E-state index contributed by atoms with van der Waals surface area (Å²) in [6.07, 6.45) is 0.679. The summed E-state index contributed by atoms with van der Waals surface area (Å²) in [5.41, 5.74) is 0.788. The molecule has 0 spiro atoms. The molecule has 1 aromatic rings. The molecule has 0 saturated heterocycles. The summed E-state index contributed by atoms with van der Waals surface area (Å²) in [6, 6.07) is 9.30. The van der Waals surface area contributed by atoms with Crippen LogP contribution in [0.25, 0.3) is 0 Å². The summed E-state index contributed by atoms with van der Waals surface area (Å²) >= 11 is 0. The molecular weight excluding hydrogens is 178 g/mol. The van der Waals surface area contributed by atoms with Gasteiger partial charge >= 0.3 is 0 Å². The summed E-state index contributed by atoms with van der Waals surface area (Å²) < 4.78 is 5.04. The SMILES string of the molecule is [CH2]CCOCC(=O)Nc1ccccc1. The molecule has 0 saturated carbocycles. The van der Waals surface area contributed by atoms with Gasteiger partial charge < -0.3 is 10.1 Å². The third-order valence-corrected chi connectivity index (χ3v) is 1.58. The summed E-state index contributed by atoms with van der Waals surface area (Å²) in [5.74, 6) is -0.135. The van der Waals surface area contributed by atoms with Crippen molar-refractivity contribution in [1.29, 1.82) is 0 Å². The second-order valence-corrected chi connectivity index (χ2v) is 2.82. The van der Waals surface area contributed by atoms with Crippen LogP contribution in [0.1, 0.15) is 6.42 Å². The molecule has 3 heteroatoms. The maximum atomic E-state index is 11.2. The van der Waals surface area contributed by atoms with Gasteiger partial charge in [-0.05, 0) is 18.6 Å². The van der Waals surface area contributed by atoms with Crippen molar-refractivity contribution in [3.05, 3.63) is 37.3 Å². The molecule has 75 valence electrons. The minimum Gasteiger partial charge on any atom is -0.372 e. The van der Waals surface area contributed by atoms with Gasteiger partial charge in [-0.1, -0.05) is 25.1 Å². The predicted molar refractivity (Wildman–Crippen MR) is 55.9 cm³/mol. The average Bonchev–Trinajstić information content (AvgIpc) is 2.20. The molecule has 1 radical (unpaired) electrons. The van der Waals surface area contributed by atoms with Crippen molar-refractivity contribution in [2.24, 2.45) is 0 Å². The Kier molecular flexibility index (Phi) is 4.72. The number of rotatable bonds is 5. The maximum Gasteiger partial charge on any atom is 0.250 e. The van der Waals surface area contributed by atoms with Crippen molar-refractivity contribution in [2.75, 3.05) is 18.5 Å². The zero-order valence-corrected chi connectivity index (χ0v) is 8.03. The van der Waals surface area contributed by atoms with E-state index in [4.69, 9.17) is 4.74 Å². The number of hydrogen-bond acceptors (Lipinski definition) is 2. The van der Waals surface area contributed by atoms with Gasteiger partial charge in [-0.2, -0.15) is 0 Å². The van der Waals surface area contributed by atoms with Crippen LogP contribution in [0.15, 0.2) is 30.3 Å². The molecule has 0 aliphatic heterocycles. The first kappa shape index (κ1) is 10.7. The summed E-state index contributed by atoms with van der Waals surface area (Å²) in [5, 5.41) is 2.72. The first-order valence-corrected chi connectivity index (χ1v) is 4.55. The predicted octanol–water partition coefficient (Wildman–Crippen LogP) is 1.87. The Balaban J connectivity index is 2.27. The molecule has 1 rings (SSSR count). The number of hydrogen-bond donors (Lipinski definition) is 1. The number of carbonyl (C=O) groups is 1. The van der Waals surface area contributed by atoms with Crippen LogP contribution in [-0.4, -0.2) is 19.1 Å². The molecule has 1 N–H and O–H groups in total. The highest BCUT2D eigenvalue weighted by atomic mass is 16.5. The smallest absolute Gasteiger partial charge is 0.250 e. The molecule has 14 heavy (non-hydrogen) atoms. The first-order chi connectivity index (χ1) is 6.83. The van der Waals surface area contributed by atoms with Crippen molar-refractivity contribution < 1.29 is 9.53 Å². The Hall–Kier alpha value is -1.35. The van der Waals surface area contributed by atoms with Gasteiger partial charge in [0.2, 0.25) is 5.91 Å². The molecule has 0 unspecified atom stereocenters. The number of amides is 1. The number of carbonyl (C=O) groups excluding carboxylic acids is 1. The van der Waals surface area contributed by atoms with Crippen LogP contribution in [0.3, 0.4) is 0 Å². The highest BCUT2D eigenvalue weighted by molar-refractivity contribution is 5.91. The van der Waals surface area contributed by atoms with Gasteiger partial charge in [0.1, 0.15) is 6.61 Å². The fourth-order valence-corrected chi connectivity index (χ4v) is 0.985. The Morgan fingerprint density at radius 3 is 2.71 bits per heavy atom. The molecule has 0 fully saturated rings. The standard InChI is InChI=1S/C11H14NO2/c1-2-8-14-9-11(13)12-10-6-4-3-5-7-10/h3-7H,1-2,8-9H2,(H,12,13). The molecule has 0 aromatic heterocycles. The van der Waals surface area contributed by atoms with Crippen LogP contribution in [0.5, 0.6) is 0 Å². The van der Waals surface area contributed by atoms with E-state index in [0.29, 0.717) is 13.0 Å². The van der Waals surface area contributed by atoms with Crippen molar-refractivity contribution in [3.8, 4) is 0 Å². The van der Waals surface area contributed by atoms with Crippen LogP contribution < -0.4 is 5.32 Å². The minimum absolute atomic E-state index is 0.0877. The zero-order chi connectivity index (χ0) is 10.2. The Morgan fingerprint density at radius 2 is 2.07 bits per heavy atom. The van der Waals surface area contributed by atoms with Gasteiger partial charge in [-0.15, -0.1) is 0 Å². The lowest BCUT2D eigenvalue weighted by Gasteiger charge is -2.04. The lowest BCUT2D eigenvalue weighted by molar-refractivity contribution is -0.120. The summed E-state index contributed by atoms with van der Waals surface area (Å²) in [7, 11) is 0. The third kappa shape index (κ3) is 4.05. The highest BCUT2D eigenvalue weighted by Gasteiger charge is 2.00. The number of nitrogens with one attached hydrogen (secondary N) is 1. The number of anilines is 1. The molecule has 0 aliphatic carbocycles. The van der Waals surface area contributed by atoms with E-state index in [1.54, 1.807) is 0 Å². The molecule has 0 bridgehead atoms. The van der Waals surface area contributed by atoms with Crippen molar-refractivity contribution in [3.63, 3.8) is 0 Å². The fraction of sp³-hybridized carbons (Fsp3) is 0.273. The average molecular weight is 192 g/mol. The lowest BCUT2D eigenvalue weighted by Crippen LogP contribution is -2.18. The molecule has 0 aliphatic rings.